The molecular formula is C19H21NO5S. The second kappa shape index (κ2) is 11.0. The highest BCUT2D eigenvalue weighted by atomic mass is 32.2. The summed E-state index contributed by atoms with van der Waals surface area (Å²) < 4.78 is 0. The highest BCUT2D eigenvalue weighted by molar-refractivity contribution is 7.99. The first kappa shape index (κ1) is 21.3. The Morgan fingerprint density at radius 3 is 1.92 bits per heavy atom. The van der Waals surface area contributed by atoms with Crippen molar-refractivity contribution in [3.63, 3.8) is 0 Å². The smallest absolute Gasteiger partial charge is 0.328 e. The van der Waals surface area contributed by atoms with Gasteiger partial charge in [-0.1, -0.05) is 42.1 Å². The van der Waals surface area contributed by atoms with Crippen LogP contribution in [0.25, 0.3) is 0 Å². The van der Waals surface area contributed by atoms with E-state index in [4.69, 9.17) is 10.2 Å². The number of carboxylic acid groups (broad SMARTS) is 2. The van der Waals surface area contributed by atoms with E-state index in [9.17, 15) is 14.7 Å². The average molecular weight is 375 g/mol. The zero-order valence-corrected chi connectivity index (χ0v) is 15.3. The molecule has 2 rings (SSSR count). The molecular weight excluding hydrogens is 354 g/mol. The van der Waals surface area contributed by atoms with Crippen LogP contribution in [-0.2, 0) is 16.1 Å². The predicted molar refractivity (Wildman–Crippen MR) is 100 cm³/mol. The fourth-order valence-electron chi connectivity index (χ4n) is 1.88. The maximum absolute atomic E-state index is 9.81. The third-order valence-corrected chi connectivity index (χ3v) is 4.10. The maximum Gasteiger partial charge on any atom is 0.328 e. The summed E-state index contributed by atoms with van der Waals surface area (Å²) in [7, 11) is 4.11. The van der Waals surface area contributed by atoms with Crippen LogP contribution in [0.1, 0.15) is 5.56 Å². The van der Waals surface area contributed by atoms with E-state index in [-0.39, 0.29) is 0 Å². The highest BCUT2D eigenvalue weighted by Crippen LogP contribution is 2.35. The molecule has 0 heterocycles. The third-order valence-electron chi connectivity index (χ3n) is 2.91. The summed E-state index contributed by atoms with van der Waals surface area (Å²) in [6, 6.07) is 15.7. The molecule has 6 nitrogen and oxygen atoms in total. The number of benzene rings is 2. The first-order valence-electron chi connectivity index (χ1n) is 7.62. The Labute approximate surface area is 156 Å². The van der Waals surface area contributed by atoms with Crippen molar-refractivity contribution in [1.82, 2.24) is 4.90 Å². The second-order valence-corrected chi connectivity index (χ2v) is 6.51. The Bertz CT molecular complexity index is 758. The van der Waals surface area contributed by atoms with Gasteiger partial charge in [-0.15, -0.1) is 0 Å². The molecule has 7 heteroatoms. The maximum atomic E-state index is 9.81. The lowest BCUT2D eigenvalue weighted by Crippen LogP contribution is -2.11. The van der Waals surface area contributed by atoms with Crippen molar-refractivity contribution in [3.05, 3.63) is 66.2 Å². The van der Waals surface area contributed by atoms with Crippen molar-refractivity contribution >= 4 is 23.7 Å². The van der Waals surface area contributed by atoms with Crippen LogP contribution >= 0.6 is 11.8 Å². The summed E-state index contributed by atoms with van der Waals surface area (Å²) >= 11 is 1.61. The first-order chi connectivity index (χ1) is 12.3. The van der Waals surface area contributed by atoms with Crippen molar-refractivity contribution in [2.24, 2.45) is 0 Å². The van der Waals surface area contributed by atoms with Crippen LogP contribution in [0, 0.1) is 0 Å². The van der Waals surface area contributed by atoms with Crippen LogP contribution in [0.5, 0.6) is 5.75 Å². The summed E-state index contributed by atoms with van der Waals surface area (Å²) in [5.74, 6) is -2.18. The first-order valence-corrected chi connectivity index (χ1v) is 8.43. The number of rotatable bonds is 6. The lowest BCUT2D eigenvalue weighted by Gasteiger charge is -2.14. The topological polar surface area (TPSA) is 98.1 Å². The molecule has 0 saturated carbocycles. The number of aliphatic carboxylic acids is 2. The summed E-state index contributed by atoms with van der Waals surface area (Å²) in [6.45, 7) is 0.900. The van der Waals surface area contributed by atoms with E-state index in [1.165, 1.54) is 10.5 Å². The monoisotopic (exact) mass is 375 g/mol. The molecule has 2 aromatic carbocycles. The molecule has 0 bridgehead atoms. The number of phenolic OH excluding ortho intramolecular Hbond substituents is 1. The average Bonchev–Trinajstić information content (AvgIpc) is 2.57. The molecule has 0 saturated heterocycles. The van der Waals surface area contributed by atoms with Crippen LogP contribution < -0.4 is 0 Å². The molecule has 0 radical (unpaired) electrons. The zero-order chi connectivity index (χ0) is 19.5. The van der Waals surface area contributed by atoms with E-state index < -0.39 is 11.9 Å². The largest absolute Gasteiger partial charge is 0.507 e. The summed E-state index contributed by atoms with van der Waals surface area (Å²) in [5, 5.41) is 25.4. The van der Waals surface area contributed by atoms with Crippen molar-refractivity contribution in [3.8, 4) is 5.75 Å². The molecule has 26 heavy (non-hydrogen) atoms. The molecule has 0 amide bonds. The quantitative estimate of drug-likeness (QED) is 0.666. The standard InChI is InChI=1S/C15H17NOS.C4H4O4/c1-16(2)11-12-7-3-5-9-14(12)18-15-10-6-4-8-13(15)17;5-3(6)1-2-4(7)8/h3-10,17H,11H2,1-2H3;1-2H,(H,5,6)(H,7,8). The van der Waals surface area contributed by atoms with E-state index >= 15 is 0 Å². The molecule has 0 aliphatic rings. The fourth-order valence-corrected chi connectivity index (χ4v) is 2.85. The lowest BCUT2D eigenvalue weighted by atomic mass is 10.2. The molecule has 138 valence electrons. The van der Waals surface area contributed by atoms with Gasteiger partial charge in [-0.05, 0) is 37.9 Å². The van der Waals surface area contributed by atoms with Gasteiger partial charge in [0.25, 0.3) is 0 Å². The van der Waals surface area contributed by atoms with E-state index in [0.717, 1.165) is 11.4 Å². The summed E-state index contributed by atoms with van der Waals surface area (Å²) in [6.07, 6.45) is 1.12. The summed E-state index contributed by atoms with van der Waals surface area (Å²) in [5.41, 5.74) is 1.27. The Hall–Kier alpha value is -2.77. The van der Waals surface area contributed by atoms with Gasteiger partial charge >= 0.3 is 11.9 Å². The SMILES string of the molecule is CN(C)Cc1ccccc1Sc1ccccc1O.O=C(O)C=CC(=O)O. The second-order valence-electron chi connectivity index (χ2n) is 5.43. The van der Waals surface area contributed by atoms with Gasteiger partial charge < -0.3 is 20.2 Å². The van der Waals surface area contributed by atoms with Gasteiger partial charge in [0.2, 0.25) is 0 Å². The molecule has 3 N–H and O–H groups in total. The van der Waals surface area contributed by atoms with Crippen LogP contribution in [0.4, 0.5) is 0 Å². The molecule has 0 aliphatic carbocycles. The third kappa shape index (κ3) is 8.36. The summed E-state index contributed by atoms with van der Waals surface area (Å²) in [4.78, 5) is 23.3. The number of para-hydroxylation sites is 1. The molecule has 0 aliphatic heterocycles. The number of phenols is 1. The van der Waals surface area contributed by atoms with Crippen LogP contribution in [0.3, 0.4) is 0 Å². The number of hydrogen-bond acceptors (Lipinski definition) is 5. The lowest BCUT2D eigenvalue weighted by molar-refractivity contribution is -0.134. The Morgan fingerprint density at radius 2 is 1.42 bits per heavy atom. The Kier molecular flexibility index (Phi) is 8.97. The van der Waals surface area contributed by atoms with Gasteiger partial charge in [0.15, 0.2) is 0 Å². The number of carboxylic acids is 2. The Balaban J connectivity index is 0.000000359. The fraction of sp³-hybridized carbons (Fsp3) is 0.158. The minimum absolute atomic E-state index is 0.335. The normalized spacial score (nSPS) is 10.4. The van der Waals surface area contributed by atoms with Crippen LogP contribution in [-0.4, -0.2) is 46.3 Å². The van der Waals surface area contributed by atoms with Crippen molar-refractivity contribution in [1.29, 1.82) is 0 Å². The van der Waals surface area contributed by atoms with E-state index in [0.29, 0.717) is 17.9 Å². The van der Waals surface area contributed by atoms with Crippen molar-refractivity contribution in [2.75, 3.05) is 14.1 Å². The van der Waals surface area contributed by atoms with Gasteiger partial charge in [-0.2, -0.15) is 0 Å². The van der Waals surface area contributed by atoms with E-state index in [1.54, 1.807) is 17.8 Å². The van der Waals surface area contributed by atoms with Gasteiger partial charge in [0.05, 0.1) is 4.90 Å². The van der Waals surface area contributed by atoms with Crippen LogP contribution in [0.2, 0.25) is 0 Å². The van der Waals surface area contributed by atoms with Crippen LogP contribution in [0.15, 0.2) is 70.5 Å². The molecule has 0 fully saturated rings. The molecule has 2 aromatic rings. The van der Waals surface area contributed by atoms with Crippen molar-refractivity contribution < 1.29 is 24.9 Å². The van der Waals surface area contributed by atoms with Gasteiger partial charge in [-0.3, -0.25) is 0 Å². The Morgan fingerprint density at radius 1 is 0.923 bits per heavy atom. The molecule has 0 aromatic heterocycles. The van der Waals surface area contributed by atoms with E-state index in [1.807, 2.05) is 30.3 Å². The molecule has 0 atom stereocenters. The minimum atomic E-state index is -1.26. The predicted octanol–water partition coefficient (Wildman–Crippen LogP) is 3.32. The molecule has 0 unspecified atom stereocenters. The van der Waals surface area contributed by atoms with Gasteiger partial charge in [0.1, 0.15) is 5.75 Å². The highest BCUT2D eigenvalue weighted by Gasteiger charge is 2.07. The minimum Gasteiger partial charge on any atom is -0.507 e. The number of carbonyl (C=O) groups is 2. The van der Waals surface area contributed by atoms with Gasteiger partial charge in [0, 0.05) is 23.6 Å². The zero-order valence-electron chi connectivity index (χ0n) is 14.5. The number of hydrogen-bond donors (Lipinski definition) is 3. The number of aromatic hydroxyl groups is 1. The van der Waals surface area contributed by atoms with Crippen molar-refractivity contribution in [2.45, 2.75) is 16.3 Å². The van der Waals surface area contributed by atoms with E-state index in [2.05, 4.69) is 31.1 Å². The number of nitrogens with zero attached hydrogens (tertiary/aromatic N) is 1. The van der Waals surface area contributed by atoms with Gasteiger partial charge in [-0.25, -0.2) is 9.59 Å². The molecule has 0 spiro atoms.